The lowest BCUT2D eigenvalue weighted by molar-refractivity contribution is -0.157. The molecule has 11 heteroatoms. The van der Waals surface area contributed by atoms with Gasteiger partial charge >= 0.3 is 5.97 Å². The SMILES string of the molecule is C=CCOc1ccc(F)c([C@@H](C)OC(=O)C2CCCN(C(=O)[C@H](C)NC(=O)C(NC(=O)[C@H](C)CC=C)C(C)C)N2)c1. The van der Waals surface area contributed by atoms with Gasteiger partial charge < -0.3 is 20.1 Å². The van der Waals surface area contributed by atoms with Gasteiger partial charge in [-0.3, -0.25) is 24.2 Å². The van der Waals surface area contributed by atoms with Gasteiger partial charge in [0, 0.05) is 18.0 Å². The molecule has 1 saturated heterocycles. The number of hydrogen-bond acceptors (Lipinski definition) is 7. The average Bonchev–Trinajstić information content (AvgIpc) is 2.94. The molecule has 2 unspecified atom stereocenters. The summed E-state index contributed by atoms with van der Waals surface area (Å²) in [5.74, 6) is -2.53. The summed E-state index contributed by atoms with van der Waals surface area (Å²) < 4.78 is 25.4. The van der Waals surface area contributed by atoms with E-state index in [9.17, 15) is 23.6 Å². The Morgan fingerprint density at radius 2 is 1.80 bits per heavy atom. The highest BCUT2D eigenvalue weighted by molar-refractivity contribution is 5.92. The number of benzene rings is 1. The van der Waals surface area contributed by atoms with Crippen LogP contribution in [0.1, 0.15) is 65.5 Å². The van der Waals surface area contributed by atoms with Crippen LogP contribution in [0.4, 0.5) is 4.39 Å². The van der Waals surface area contributed by atoms with Crippen LogP contribution in [0.2, 0.25) is 0 Å². The summed E-state index contributed by atoms with van der Waals surface area (Å²) in [6.45, 7) is 16.2. The molecule has 0 aliphatic carbocycles. The predicted octanol–water partition coefficient (Wildman–Crippen LogP) is 3.35. The molecule has 1 fully saturated rings. The van der Waals surface area contributed by atoms with Crippen molar-refractivity contribution >= 4 is 23.7 Å². The molecule has 0 saturated carbocycles. The molecule has 1 aromatic carbocycles. The second kappa shape index (κ2) is 15.9. The molecule has 10 nitrogen and oxygen atoms in total. The molecular formula is C30H43FN4O6. The predicted molar refractivity (Wildman–Crippen MR) is 153 cm³/mol. The van der Waals surface area contributed by atoms with Crippen molar-refractivity contribution in [2.45, 2.75) is 78.1 Å². The Kier molecular flexibility index (Phi) is 13.0. The molecule has 3 N–H and O–H groups in total. The Balaban J connectivity index is 1.99. The fourth-order valence-electron chi connectivity index (χ4n) is 4.30. The van der Waals surface area contributed by atoms with Crippen LogP contribution in [-0.2, 0) is 23.9 Å². The van der Waals surface area contributed by atoms with E-state index >= 15 is 0 Å². The van der Waals surface area contributed by atoms with Crippen molar-refractivity contribution in [2.24, 2.45) is 11.8 Å². The maximum absolute atomic E-state index is 14.4. The average molecular weight is 575 g/mol. The van der Waals surface area contributed by atoms with Gasteiger partial charge in [0.1, 0.15) is 42.4 Å². The van der Waals surface area contributed by atoms with Gasteiger partial charge in [0.25, 0.3) is 5.91 Å². The van der Waals surface area contributed by atoms with E-state index in [2.05, 4.69) is 29.2 Å². The van der Waals surface area contributed by atoms with Crippen molar-refractivity contribution in [1.29, 1.82) is 0 Å². The Morgan fingerprint density at radius 3 is 2.44 bits per heavy atom. The maximum atomic E-state index is 14.4. The number of esters is 1. The van der Waals surface area contributed by atoms with Crippen LogP contribution in [0.5, 0.6) is 5.75 Å². The number of amides is 3. The van der Waals surface area contributed by atoms with Crippen LogP contribution in [0, 0.1) is 17.7 Å². The first-order valence-electron chi connectivity index (χ1n) is 13.9. The van der Waals surface area contributed by atoms with E-state index in [0.29, 0.717) is 31.6 Å². The van der Waals surface area contributed by atoms with Crippen molar-refractivity contribution in [2.75, 3.05) is 13.2 Å². The lowest BCUT2D eigenvalue weighted by Crippen LogP contribution is -2.61. The molecule has 0 aromatic heterocycles. The first-order valence-corrected chi connectivity index (χ1v) is 13.9. The number of hydrogen-bond donors (Lipinski definition) is 3. The van der Waals surface area contributed by atoms with Crippen molar-refractivity contribution in [3.8, 4) is 5.75 Å². The standard InChI is InChI=1S/C30H43FN4O6/c1-8-11-19(5)27(36)33-26(18(3)4)28(37)32-20(6)29(38)35-15-10-12-25(34-35)30(39)41-21(7)23-17-22(40-16-9-2)13-14-24(23)31/h8-9,13-14,17-21,25-26,34H,1-2,10-12,15-16H2,3-7H3,(H,32,37)(H,33,36)/t19-,20+,21-,25?,26?/m1/s1. The monoisotopic (exact) mass is 574 g/mol. The van der Waals surface area contributed by atoms with Crippen LogP contribution in [0.25, 0.3) is 0 Å². The lowest BCUT2D eigenvalue weighted by atomic mass is 10.0. The molecule has 41 heavy (non-hydrogen) atoms. The summed E-state index contributed by atoms with van der Waals surface area (Å²) >= 11 is 0. The van der Waals surface area contributed by atoms with Crippen molar-refractivity contribution in [3.63, 3.8) is 0 Å². The van der Waals surface area contributed by atoms with E-state index in [-0.39, 0.29) is 29.9 Å². The maximum Gasteiger partial charge on any atom is 0.325 e. The number of carbonyl (C=O) groups is 4. The van der Waals surface area contributed by atoms with Gasteiger partial charge in [-0.15, -0.1) is 6.58 Å². The van der Waals surface area contributed by atoms with Crippen LogP contribution in [0.3, 0.4) is 0 Å². The molecule has 3 amide bonds. The molecule has 0 radical (unpaired) electrons. The van der Waals surface area contributed by atoms with Crippen molar-refractivity contribution in [1.82, 2.24) is 21.1 Å². The van der Waals surface area contributed by atoms with E-state index < -0.39 is 47.8 Å². The highest BCUT2D eigenvalue weighted by Crippen LogP contribution is 2.26. The van der Waals surface area contributed by atoms with Crippen molar-refractivity contribution in [3.05, 3.63) is 54.9 Å². The zero-order valence-corrected chi connectivity index (χ0v) is 24.6. The summed E-state index contributed by atoms with van der Waals surface area (Å²) in [4.78, 5) is 51.5. The zero-order chi connectivity index (χ0) is 30.7. The van der Waals surface area contributed by atoms with Gasteiger partial charge in [0.05, 0.1) is 0 Å². The van der Waals surface area contributed by atoms with Crippen LogP contribution < -0.4 is 20.8 Å². The van der Waals surface area contributed by atoms with Crippen molar-refractivity contribution < 1.29 is 33.0 Å². The molecule has 226 valence electrons. The van der Waals surface area contributed by atoms with Crippen LogP contribution >= 0.6 is 0 Å². The molecule has 1 aromatic rings. The molecule has 0 bridgehead atoms. The third-order valence-electron chi connectivity index (χ3n) is 6.75. The highest BCUT2D eigenvalue weighted by atomic mass is 19.1. The largest absolute Gasteiger partial charge is 0.490 e. The van der Waals surface area contributed by atoms with E-state index in [1.807, 2.05) is 0 Å². The smallest absolute Gasteiger partial charge is 0.325 e. The molecule has 5 atom stereocenters. The Morgan fingerprint density at radius 1 is 1.10 bits per heavy atom. The topological polar surface area (TPSA) is 126 Å². The number of nitrogens with one attached hydrogen (secondary N) is 3. The van der Waals surface area contributed by atoms with Gasteiger partial charge in [-0.25, -0.2) is 9.82 Å². The first-order chi connectivity index (χ1) is 19.4. The highest BCUT2D eigenvalue weighted by Gasteiger charge is 2.34. The number of nitrogens with zero attached hydrogens (tertiary/aromatic N) is 1. The number of ether oxygens (including phenoxy) is 2. The first kappa shape index (κ1) is 33.5. The number of allylic oxidation sites excluding steroid dienone is 1. The molecule has 0 spiro atoms. The third kappa shape index (κ3) is 9.70. The van der Waals surface area contributed by atoms with Gasteiger partial charge in [-0.05, 0) is 57.2 Å². The Bertz CT molecular complexity index is 1110. The second-order valence-electron chi connectivity index (χ2n) is 10.6. The van der Waals surface area contributed by atoms with Crippen LogP contribution in [0.15, 0.2) is 43.5 Å². The zero-order valence-electron chi connectivity index (χ0n) is 24.6. The summed E-state index contributed by atoms with van der Waals surface area (Å²) in [6.07, 6.45) is 3.69. The van der Waals surface area contributed by atoms with E-state index in [4.69, 9.17) is 9.47 Å². The number of rotatable bonds is 14. The molecule has 1 aliphatic heterocycles. The molecule has 2 rings (SSSR count). The molecule has 1 heterocycles. The Labute approximate surface area is 241 Å². The summed E-state index contributed by atoms with van der Waals surface area (Å²) in [7, 11) is 0. The fourth-order valence-corrected chi connectivity index (χ4v) is 4.30. The van der Waals surface area contributed by atoms with Gasteiger partial charge in [-0.2, -0.15) is 0 Å². The summed E-state index contributed by atoms with van der Waals surface area (Å²) in [5.41, 5.74) is 3.04. The summed E-state index contributed by atoms with van der Waals surface area (Å²) in [5, 5.41) is 6.72. The second-order valence-corrected chi connectivity index (χ2v) is 10.6. The minimum Gasteiger partial charge on any atom is -0.490 e. The quantitative estimate of drug-likeness (QED) is 0.230. The normalized spacial score (nSPS) is 17.9. The molecular weight excluding hydrogens is 531 g/mol. The fraction of sp³-hybridized carbons (Fsp3) is 0.533. The van der Waals surface area contributed by atoms with E-state index in [1.54, 1.807) is 39.8 Å². The number of hydrazine groups is 1. The Hall–Kier alpha value is -3.73. The summed E-state index contributed by atoms with van der Waals surface area (Å²) in [6, 6.07) is 1.59. The molecule has 1 aliphatic rings. The van der Waals surface area contributed by atoms with E-state index in [0.717, 1.165) is 0 Å². The number of carbonyl (C=O) groups excluding carboxylic acids is 4. The van der Waals surface area contributed by atoms with Gasteiger partial charge in [-0.1, -0.05) is 39.5 Å². The lowest BCUT2D eigenvalue weighted by Gasteiger charge is -2.35. The van der Waals surface area contributed by atoms with Gasteiger partial charge in [0.15, 0.2) is 0 Å². The minimum atomic E-state index is -0.931. The third-order valence-corrected chi connectivity index (χ3v) is 6.75. The van der Waals surface area contributed by atoms with E-state index in [1.165, 1.54) is 30.1 Å². The van der Waals surface area contributed by atoms with Gasteiger partial charge in [0.2, 0.25) is 11.8 Å². The number of halogens is 1. The van der Waals surface area contributed by atoms with Crippen LogP contribution in [-0.4, -0.2) is 60.0 Å². The minimum absolute atomic E-state index is 0.158.